The lowest BCUT2D eigenvalue weighted by Gasteiger charge is -2.01. The molecule has 0 unspecified atom stereocenters. The van der Waals surface area contributed by atoms with Crippen LogP contribution in [0.15, 0.2) is 30.3 Å². The summed E-state index contributed by atoms with van der Waals surface area (Å²) in [4.78, 5) is 0. The number of hydrogen-bond acceptors (Lipinski definition) is 2. The molecule has 82 valence electrons. The molecule has 1 aromatic heterocycles. The highest BCUT2D eigenvalue weighted by Gasteiger charge is 2.16. The first-order chi connectivity index (χ1) is 7.95. The number of aromatic amines is 1. The molecule has 0 radical (unpaired) electrons. The van der Waals surface area contributed by atoms with Gasteiger partial charge >= 0.3 is 0 Å². The van der Waals surface area contributed by atoms with E-state index >= 15 is 0 Å². The first-order valence-electron chi connectivity index (χ1n) is 5.64. The molecule has 0 amide bonds. The maximum absolute atomic E-state index is 4.48. The number of thioether (sulfide) groups is 1. The standard InChI is InChI=1S/C13H14N2S/c1-2-4-10(5-3-1)13-11-6-8-16-9-7-12(11)14-15-13/h1-5H,6-9H2,(H,14,15). The van der Waals surface area contributed by atoms with Crippen LogP contribution < -0.4 is 0 Å². The average molecular weight is 230 g/mol. The number of benzene rings is 1. The van der Waals surface area contributed by atoms with Crippen molar-refractivity contribution in [2.75, 3.05) is 11.5 Å². The zero-order valence-corrected chi connectivity index (χ0v) is 9.89. The van der Waals surface area contributed by atoms with Gasteiger partial charge in [0, 0.05) is 16.8 Å². The monoisotopic (exact) mass is 230 g/mol. The van der Waals surface area contributed by atoms with Crippen molar-refractivity contribution >= 4 is 11.8 Å². The summed E-state index contributed by atoms with van der Waals surface area (Å²) in [6.45, 7) is 0. The second kappa shape index (κ2) is 4.34. The highest BCUT2D eigenvalue weighted by atomic mass is 32.2. The minimum absolute atomic E-state index is 1.12. The fourth-order valence-electron chi connectivity index (χ4n) is 2.16. The second-order valence-corrected chi connectivity index (χ2v) is 5.23. The van der Waals surface area contributed by atoms with Gasteiger partial charge in [-0.05, 0) is 24.3 Å². The predicted octanol–water partition coefficient (Wildman–Crippen LogP) is 2.91. The summed E-state index contributed by atoms with van der Waals surface area (Å²) in [5, 5.41) is 7.68. The smallest absolute Gasteiger partial charge is 0.0955 e. The molecule has 2 nitrogen and oxygen atoms in total. The minimum Gasteiger partial charge on any atom is -0.282 e. The lowest BCUT2D eigenvalue weighted by atomic mass is 10.0. The third kappa shape index (κ3) is 1.76. The van der Waals surface area contributed by atoms with Gasteiger partial charge in [-0.15, -0.1) is 0 Å². The molecule has 2 heterocycles. The Bertz CT molecular complexity index is 476. The molecule has 0 saturated carbocycles. The second-order valence-electron chi connectivity index (χ2n) is 4.01. The predicted molar refractivity (Wildman–Crippen MR) is 68.8 cm³/mol. The third-order valence-electron chi connectivity index (χ3n) is 2.99. The number of aromatic nitrogens is 2. The van der Waals surface area contributed by atoms with Gasteiger partial charge in [0.2, 0.25) is 0 Å². The van der Waals surface area contributed by atoms with Gasteiger partial charge in [0.05, 0.1) is 5.69 Å². The molecule has 0 spiro atoms. The van der Waals surface area contributed by atoms with E-state index in [1.165, 1.54) is 28.3 Å². The Kier molecular flexibility index (Phi) is 2.70. The summed E-state index contributed by atoms with van der Waals surface area (Å²) in [6, 6.07) is 10.5. The lowest BCUT2D eigenvalue weighted by molar-refractivity contribution is 0.975. The minimum atomic E-state index is 1.12. The lowest BCUT2D eigenvalue weighted by Crippen LogP contribution is -1.91. The van der Waals surface area contributed by atoms with Gasteiger partial charge in [-0.3, -0.25) is 5.10 Å². The molecule has 2 aromatic rings. The Morgan fingerprint density at radius 1 is 1.06 bits per heavy atom. The van der Waals surface area contributed by atoms with Crippen LogP contribution in [0.5, 0.6) is 0 Å². The quantitative estimate of drug-likeness (QED) is 0.816. The molecule has 0 saturated heterocycles. The van der Waals surface area contributed by atoms with Crippen molar-refractivity contribution in [3.63, 3.8) is 0 Å². The Labute approximate surface area is 99.5 Å². The van der Waals surface area contributed by atoms with E-state index in [4.69, 9.17) is 0 Å². The molecule has 16 heavy (non-hydrogen) atoms. The van der Waals surface area contributed by atoms with Gasteiger partial charge in [-0.1, -0.05) is 30.3 Å². The SMILES string of the molecule is c1ccc(-c2n[nH]c3c2CCSCC3)cc1. The van der Waals surface area contributed by atoms with Gasteiger partial charge in [0.15, 0.2) is 0 Å². The molecule has 1 aromatic carbocycles. The van der Waals surface area contributed by atoms with Crippen molar-refractivity contribution in [2.24, 2.45) is 0 Å². The highest BCUT2D eigenvalue weighted by molar-refractivity contribution is 7.99. The summed E-state index contributed by atoms with van der Waals surface area (Å²) in [7, 11) is 0. The van der Waals surface area contributed by atoms with Crippen LogP contribution >= 0.6 is 11.8 Å². The van der Waals surface area contributed by atoms with Crippen molar-refractivity contribution in [1.82, 2.24) is 10.2 Å². The summed E-state index contributed by atoms with van der Waals surface area (Å²) >= 11 is 2.03. The Hall–Kier alpha value is -1.22. The van der Waals surface area contributed by atoms with Crippen LogP contribution in [0, 0.1) is 0 Å². The summed E-state index contributed by atoms with van der Waals surface area (Å²) < 4.78 is 0. The molecule has 3 heteroatoms. The summed E-state index contributed by atoms with van der Waals surface area (Å²) in [6.07, 6.45) is 2.26. The van der Waals surface area contributed by atoms with E-state index in [-0.39, 0.29) is 0 Å². The van der Waals surface area contributed by atoms with Crippen LogP contribution in [0.1, 0.15) is 11.3 Å². The van der Waals surface area contributed by atoms with Gasteiger partial charge < -0.3 is 0 Å². The van der Waals surface area contributed by atoms with Crippen molar-refractivity contribution in [3.05, 3.63) is 41.6 Å². The van der Waals surface area contributed by atoms with E-state index in [9.17, 15) is 0 Å². The fraction of sp³-hybridized carbons (Fsp3) is 0.308. The number of nitrogens with one attached hydrogen (secondary N) is 1. The molecule has 0 aliphatic carbocycles. The molecular weight excluding hydrogens is 216 g/mol. The van der Waals surface area contributed by atoms with Crippen LogP contribution in [-0.2, 0) is 12.8 Å². The topological polar surface area (TPSA) is 28.7 Å². The Morgan fingerprint density at radius 3 is 2.75 bits per heavy atom. The zero-order valence-electron chi connectivity index (χ0n) is 9.07. The molecule has 1 N–H and O–H groups in total. The van der Waals surface area contributed by atoms with Crippen LogP contribution in [0.4, 0.5) is 0 Å². The molecule has 1 aliphatic heterocycles. The number of rotatable bonds is 1. The maximum Gasteiger partial charge on any atom is 0.0955 e. The number of nitrogens with zero attached hydrogens (tertiary/aromatic N) is 1. The first kappa shape index (κ1) is 9.97. The summed E-state index contributed by atoms with van der Waals surface area (Å²) in [5.41, 5.74) is 5.14. The molecule has 0 fully saturated rings. The van der Waals surface area contributed by atoms with E-state index in [2.05, 4.69) is 34.5 Å². The van der Waals surface area contributed by atoms with Gasteiger partial charge in [0.25, 0.3) is 0 Å². The van der Waals surface area contributed by atoms with Crippen molar-refractivity contribution in [3.8, 4) is 11.3 Å². The van der Waals surface area contributed by atoms with Gasteiger partial charge in [-0.25, -0.2) is 0 Å². The molecule has 1 aliphatic rings. The average Bonchev–Trinajstić information content (AvgIpc) is 2.60. The van der Waals surface area contributed by atoms with Crippen molar-refractivity contribution in [2.45, 2.75) is 12.8 Å². The van der Waals surface area contributed by atoms with Crippen LogP contribution in [-0.4, -0.2) is 21.7 Å². The van der Waals surface area contributed by atoms with Crippen molar-refractivity contribution in [1.29, 1.82) is 0 Å². The number of aryl methyl sites for hydroxylation is 1. The van der Waals surface area contributed by atoms with E-state index in [0.29, 0.717) is 0 Å². The van der Waals surface area contributed by atoms with E-state index < -0.39 is 0 Å². The Balaban J connectivity index is 2.06. The van der Waals surface area contributed by atoms with Crippen molar-refractivity contribution < 1.29 is 0 Å². The van der Waals surface area contributed by atoms with Gasteiger partial charge in [-0.2, -0.15) is 16.9 Å². The maximum atomic E-state index is 4.48. The molecular formula is C13H14N2S. The zero-order chi connectivity index (χ0) is 10.8. The van der Waals surface area contributed by atoms with E-state index in [1.807, 2.05) is 17.8 Å². The fourth-order valence-corrected chi connectivity index (χ4v) is 3.06. The molecule has 0 atom stereocenters. The highest BCUT2D eigenvalue weighted by Crippen LogP contribution is 2.27. The largest absolute Gasteiger partial charge is 0.282 e. The normalized spacial score (nSPS) is 15.5. The van der Waals surface area contributed by atoms with Gasteiger partial charge in [0.1, 0.15) is 0 Å². The molecule has 3 rings (SSSR count). The van der Waals surface area contributed by atoms with Crippen LogP contribution in [0.25, 0.3) is 11.3 Å². The van der Waals surface area contributed by atoms with Crippen LogP contribution in [0.2, 0.25) is 0 Å². The summed E-state index contributed by atoms with van der Waals surface area (Å²) in [5.74, 6) is 2.43. The van der Waals surface area contributed by atoms with E-state index in [0.717, 1.165) is 18.5 Å². The first-order valence-corrected chi connectivity index (χ1v) is 6.80. The van der Waals surface area contributed by atoms with E-state index in [1.54, 1.807) is 0 Å². The molecule has 0 bridgehead atoms. The Morgan fingerprint density at radius 2 is 1.88 bits per heavy atom. The number of H-pyrrole nitrogens is 1. The van der Waals surface area contributed by atoms with Crippen LogP contribution in [0.3, 0.4) is 0 Å². The third-order valence-corrected chi connectivity index (χ3v) is 3.98. The number of fused-ring (bicyclic) bond motifs is 1. The number of hydrogen-bond donors (Lipinski definition) is 1.